The normalized spacial score (nSPS) is 20.4. The Morgan fingerprint density at radius 1 is 1.29 bits per heavy atom. The zero-order valence-electron chi connectivity index (χ0n) is 12.2. The van der Waals surface area contributed by atoms with E-state index >= 15 is 0 Å². The minimum absolute atomic E-state index is 0.397. The maximum absolute atomic E-state index is 5.52. The highest BCUT2D eigenvalue weighted by molar-refractivity contribution is 9.10. The zero-order chi connectivity index (χ0) is 14.7. The number of hydrogen-bond donors (Lipinski definition) is 2. The first kappa shape index (κ1) is 14.8. The van der Waals surface area contributed by atoms with Crippen LogP contribution in [0.5, 0.6) is 0 Å². The summed E-state index contributed by atoms with van der Waals surface area (Å²) in [5.41, 5.74) is 1.19. The molecule has 112 valence electrons. The molecule has 3 nitrogen and oxygen atoms in total. The van der Waals surface area contributed by atoms with E-state index in [1.807, 2.05) is 0 Å². The van der Waals surface area contributed by atoms with E-state index in [4.69, 9.17) is 4.74 Å². The van der Waals surface area contributed by atoms with E-state index in [1.54, 1.807) is 0 Å². The number of anilines is 1. The van der Waals surface area contributed by atoms with Gasteiger partial charge in [-0.05, 0) is 30.9 Å². The molecule has 1 heterocycles. The van der Waals surface area contributed by atoms with Crippen molar-refractivity contribution in [3.63, 3.8) is 0 Å². The van der Waals surface area contributed by atoms with Crippen LogP contribution in [0, 0.1) is 0 Å². The molecule has 21 heavy (non-hydrogen) atoms. The highest BCUT2D eigenvalue weighted by Gasteiger charge is 2.16. The second-order valence-corrected chi connectivity index (χ2v) is 6.50. The van der Waals surface area contributed by atoms with Gasteiger partial charge in [0.05, 0.1) is 13.2 Å². The van der Waals surface area contributed by atoms with Gasteiger partial charge >= 0.3 is 0 Å². The fourth-order valence-electron chi connectivity index (χ4n) is 2.91. The number of fused-ring (bicyclic) bond motifs is 1. The summed E-state index contributed by atoms with van der Waals surface area (Å²) in [4.78, 5) is 0. The maximum atomic E-state index is 5.52. The number of halogens is 1. The summed E-state index contributed by atoms with van der Waals surface area (Å²) in [6, 6.07) is 13.6. The van der Waals surface area contributed by atoms with Crippen molar-refractivity contribution in [2.45, 2.75) is 25.4 Å². The molecule has 2 atom stereocenters. The van der Waals surface area contributed by atoms with Gasteiger partial charge in [-0.1, -0.05) is 40.2 Å². The summed E-state index contributed by atoms with van der Waals surface area (Å²) in [5, 5.41) is 9.65. The summed E-state index contributed by atoms with van der Waals surface area (Å²) in [5.74, 6) is 0. The molecule has 0 aliphatic carbocycles. The lowest BCUT2D eigenvalue weighted by molar-refractivity contribution is 0.0731. The molecule has 1 aliphatic heterocycles. The second kappa shape index (κ2) is 6.77. The van der Waals surface area contributed by atoms with Crippen LogP contribution in [0.4, 0.5) is 5.69 Å². The standard InChI is InChI=1S/C17H21BrN2O/c1-12(10-13-11-21-9-8-19-13)20-17-7-6-16(18)14-4-2-3-5-15(14)17/h2-7,12-13,19-20H,8-11H2,1H3. The fourth-order valence-corrected chi connectivity index (χ4v) is 3.39. The van der Waals surface area contributed by atoms with Gasteiger partial charge in [-0.2, -0.15) is 0 Å². The van der Waals surface area contributed by atoms with Crippen LogP contribution < -0.4 is 10.6 Å². The van der Waals surface area contributed by atoms with Gasteiger partial charge in [-0.3, -0.25) is 0 Å². The molecule has 2 unspecified atom stereocenters. The third-order valence-corrected chi connectivity index (χ3v) is 4.60. The molecule has 4 heteroatoms. The van der Waals surface area contributed by atoms with Gasteiger partial charge in [0.25, 0.3) is 0 Å². The van der Waals surface area contributed by atoms with Gasteiger partial charge in [0.15, 0.2) is 0 Å². The maximum Gasteiger partial charge on any atom is 0.0621 e. The van der Waals surface area contributed by atoms with Crippen LogP contribution in [0.25, 0.3) is 10.8 Å². The minimum Gasteiger partial charge on any atom is -0.382 e. The first-order valence-corrected chi connectivity index (χ1v) is 8.28. The minimum atomic E-state index is 0.397. The van der Waals surface area contributed by atoms with Gasteiger partial charge in [-0.15, -0.1) is 0 Å². The van der Waals surface area contributed by atoms with Crippen molar-refractivity contribution in [1.29, 1.82) is 0 Å². The van der Waals surface area contributed by atoms with Crippen LogP contribution in [-0.2, 0) is 4.74 Å². The Labute approximate surface area is 134 Å². The Balaban J connectivity index is 1.73. The quantitative estimate of drug-likeness (QED) is 0.881. The Morgan fingerprint density at radius 3 is 2.86 bits per heavy atom. The van der Waals surface area contributed by atoms with Gasteiger partial charge in [-0.25, -0.2) is 0 Å². The zero-order valence-corrected chi connectivity index (χ0v) is 13.8. The van der Waals surface area contributed by atoms with Crippen molar-refractivity contribution in [2.24, 2.45) is 0 Å². The SMILES string of the molecule is CC(CC1COCCN1)Nc1ccc(Br)c2ccccc12. The molecule has 0 amide bonds. The summed E-state index contributed by atoms with van der Waals surface area (Å²) < 4.78 is 6.66. The van der Waals surface area contributed by atoms with E-state index in [0.717, 1.165) is 30.7 Å². The Hall–Kier alpha value is -1.10. The number of rotatable bonds is 4. The third-order valence-electron chi connectivity index (χ3n) is 3.91. The van der Waals surface area contributed by atoms with Gasteiger partial charge in [0, 0.05) is 34.2 Å². The summed E-state index contributed by atoms with van der Waals surface area (Å²) in [6.45, 7) is 4.83. The van der Waals surface area contributed by atoms with Crippen LogP contribution in [0.1, 0.15) is 13.3 Å². The van der Waals surface area contributed by atoms with E-state index in [0.29, 0.717) is 12.1 Å². The van der Waals surface area contributed by atoms with E-state index in [9.17, 15) is 0 Å². The topological polar surface area (TPSA) is 33.3 Å². The van der Waals surface area contributed by atoms with Crippen molar-refractivity contribution in [2.75, 3.05) is 25.1 Å². The Morgan fingerprint density at radius 2 is 2.10 bits per heavy atom. The molecule has 0 aromatic heterocycles. The molecule has 0 saturated carbocycles. The van der Waals surface area contributed by atoms with Crippen molar-refractivity contribution in [3.8, 4) is 0 Å². The van der Waals surface area contributed by atoms with E-state index in [-0.39, 0.29) is 0 Å². The molecular formula is C17H21BrN2O. The smallest absolute Gasteiger partial charge is 0.0621 e. The summed E-state index contributed by atoms with van der Waals surface area (Å²) >= 11 is 3.62. The number of nitrogens with one attached hydrogen (secondary N) is 2. The van der Waals surface area contributed by atoms with Gasteiger partial charge < -0.3 is 15.4 Å². The van der Waals surface area contributed by atoms with Crippen LogP contribution in [-0.4, -0.2) is 31.8 Å². The van der Waals surface area contributed by atoms with Crippen LogP contribution in [0.15, 0.2) is 40.9 Å². The Bertz CT molecular complexity index is 611. The molecule has 0 spiro atoms. The molecule has 0 radical (unpaired) electrons. The lowest BCUT2D eigenvalue weighted by Crippen LogP contribution is -2.43. The van der Waals surface area contributed by atoms with Crippen molar-refractivity contribution in [3.05, 3.63) is 40.9 Å². The molecule has 1 fully saturated rings. The largest absolute Gasteiger partial charge is 0.382 e. The monoisotopic (exact) mass is 348 g/mol. The molecule has 2 aromatic rings. The molecular weight excluding hydrogens is 328 g/mol. The molecule has 2 aromatic carbocycles. The molecule has 3 rings (SSSR count). The molecule has 1 saturated heterocycles. The summed E-state index contributed by atoms with van der Waals surface area (Å²) in [7, 11) is 0. The van der Waals surface area contributed by atoms with Crippen LogP contribution in [0.3, 0.4) is 0 Å². The average Bonchev–Trinajstić information content (AvgIpc) is 2.51. The van der Waals surface area contributed by atoms with Crippen molar-refractivity contribution in [1.82, 2.24) is 5.32 Å². The van der Waals surface area contributed by atoms with Crippen LogP contribution in [0.2, 0.25) is 0 Å². The second-order valence-electron chi connectivity index (χ2n) is 5.65. The lowest BCUT2D eigenvalue weighted by Gasteiger charge is -2.27. The third kappa shape index (κ3) is 3.57. The van der Waals surface area contributed by atoms with Gasteiger partial charge in [0.2, 0.25) is 0 Å². The van der Waals surface area contributed by atoms with E-state index < -0.39 is 0 Å². The van der Waals surface area contributed by atoms with Crippen molar-refractivity contribution >= 4 is 32.4 Å². The van der Waals surface area contributed by atoms with Crippen molar-refractivity contribution < 1.29 is 4.74 Å². The highest BCUT2D eigenvalue weighted by Crippen LogP contribution is 2.30. The predicted octanol–water partition coefficient (Wildman–Crippen LogP) is 3.78. The predicted molar refractivity (Wildman–Crippen MR) is 92.0 cm³/mol. The number of morpholine rings is 1. The highest BCUT2D eigenvalue weighted by atomic mass is 79.9. The molecule has 2 N–H and O–H groups in total. The molecule has 0 bridgehead atoms. The van der Waals surface area contributed by atoms with E-state index in [1.165, 1.54) is 16.5 Å². The number of ether oxygens (including phenoxy) is 1. The first-order valence-electron chi connectivity index (χ1n) is 7.49. The molecule has 1 aliphatic rings. The van der Waals surface area contributed by atoms with E-state index in [2.05, 4.69) is 69.9 Å². The van der Waals surface area contributed by atoms with Crippen LogP contribution >= 0.6 is 15.9 Å². The van der Waals surface area contributed by atoms with Gasteiger partial charge in [0.1, 0.15) is 0 Å². The lowest BCUT2D eigenvalue weighted by atomic mass is 10.1. The first-order chi connectivity index (χ1) is 10.2. The average molecular weight is 349 g/mol. The number of hydrogen-bond acceptors (Lipinski definition) is 3. The number of benzene rings is 2. The summed E-state index contributed by atoms with van der Waals surface area (Å²) in [6.07, 6.45) is 1.06. The fraction of sp³-hybridized carbons (Fsp3) is 0.412. The Kier molecular flexibility index (Phi) is 4.78.